The molecule has 0 aromatic carbocycles. The summed E-state index contributed by atoms with van der Waals surface area (Å²) < 4.78 is 0. The first-order valence-corrected chi connectivity index (χ1v) is 1.57. The molecule has 0 atom stereocenters. The predicted molar refractivity (Wildman–Crippen MR) is 27.7 cm³/mol. The van der Waals surface area contributed by atoms with Gasteiger partial charge in [0.25, 0.3) is 0 Å². The van der Waals surface area contributed by atoms with Gasteiger partial charge in [-0.15, -0.1) is 0 Å². The highest BCUT2D eigenvalue weighted by atomic mass is 14.6. The van der Waals surface area contributed by atoms with Crippen molar-refractivity contribution < 1.29 is 0 Å². The van der Waals surface area contributed by atoms with E-state index in [1.54, 1.807) is 6.92 Å². The second kappa shape index (κ2) is 4.29. The first-order chi connectivity index (χ1) is 2.91. The van der Waals surface area contributed by atoms with Crippen LogP contribution in [0.1, 0.15) is 6.92 Å². The van der Waals surface area contributed by atoms with E-state index < -0.39 is 0 Å². The number of nitrogens with zero attached hydrogens (tertiary/aromatic N) is 1. The van der Waals surface area contributed by atoms with Crippen LogP contribution in [0.5, 0.6) is 0 Å². The lowest BCUT2D eigenvalue weighted by Gasteiger charge is -1.57. The van der Waals surface area contributed by atoms with E-state index in [2.05, 4.69) is 17.0 Å². The molecule has 0 heterocycles. The van der Waals surface area contributed by atoms with Gasteiger partial charge in [-0.3, -0.25) is 0 Å². The number of rotatable bonds is 0. The zero-order valence-corrected chi connectivity index (χ0v) is 3.60. The molecule has 2 heteroatoms. The zero-order valence-electron chi connectivity index (χ0n) is 3.60. The highest BCUT2D eigenvalue weighted by Crippen LogP contribution is 1.51. The molecule has 0 saturated carbocycles. The number of hydrogen-bond acceptors (Lipinski definition) is 1. The van der Waals surface area contributed by atoms with Gasteiger partial charge in [0.05, 0.1) is 0 Å². The molecule has 0 aliphatic carbocycles. The highest BCUT2D eigenvalue weighted by Gasteiger charge is 1.45. The lowest BCUT2D eigenvalue weighted by Crippen LogP contribution is -1.60. The maximum atomic E-state index is 4.82. The SMILES string of the molecule is [B]C=NC#CC. The second-order valence-corrected chi connectivity index (χ2v) is 0.640. The van der Waals surface area contributed by atoms with E-state index in [0.717, 1.165) is 6.11 Å². The van der Waals surface area contributed by atoms with Crippen molar-refractivity contribution in [2.45, 2.75) is 6.92 Å². The molecule has 0 fully saturated rings. The Morgan fingerprint density at radius 1 is 1.83 bits per heavy atom. The summed E-state index contributed by atoms with van der Waals surface area (Å²) >= 11 is 0. The maximum Gasteiger partial charge on any atom is 0.131 e. The zero-order chi connectivity index (χ0) is 4.83. The molecule has 0 amide bonds. The van der Waals surface area contributed by atoms with E-state index in [-0.39, 0.29) is 0 Å². The molecule has 0 aromatic heterocycles. The van der Waals surface area contributed by atoms with Gasteiger partial charge in [-0.25, -0.2) is 4.99 Å². The van der Waals surface area contributed by atoms with Gasteiger partial charge in [0, 0.05) is 6.04 Å². The Bertz CT molecular complexity index is 95.9. The topological polar surface area (TPSA) is 12.4 Å². The van der Waals surface area contributed by atoms with Gasteiger partial charge in [0.15, 0.2) is 0 Å². The van der Waals surface area contributed by atoms with E-state index in [4.69, 9.17) is 7.85 Å². The summed E-state index contributed by atoms with van der Waals surface area (Å²) in [5.74, 6) is 2.54. The normalized spacial score (nSPS) is 7.50. The molecule has 6 heavy (non-hydrogen) atoms. The molecule has 0 spiro atoms. The number of aliphatic imine (C=N–C) groups is 1. The van der Waals surface area contributed by atoms with Gasteiger partial charge in [-0.1, -0.05) is 5.92 Å². The Hall–Kier alpha value is -0.705. The van der Waals surface area contributed by atoms with Crippen molar-refractivity contribution in [1.29, 1.82) is 0 Å². The Morgan fingerprint density at radius 3 is 2.67 bits per heavy atom. The fourth-order valence-corrected chi connectivity index (χ4v) is 0.102. The lowest BCUT2D eigenvalue weighted by atomic mass is 10.2. The van der Waals surface area contributed by atoms with E-state index >= 15 is 0 Å². The van der Waals surface area contributed by atoms with Crippen molar-refractivity contribution in [3.8, 4) is 12.0 Å². The molecule has 0 saturated heterocycles. The first kappa shape index (κ1) is 5.29. The molecular formula is C4H4BN. The largest absolute Gasteiger partial charge is 0.222 e. The average Bonchev–Trinajstić information content (AvgIpc) is 1.61. The summed E-state index contributed by atoms with van der Waals surface area (Å²) in [4.78, 5) is 3.38. The van der Waals surface area contributed by atoms with Crippen LogP contribution in [-0.2, 0) is 0 Å². The van der Waals surface area contributed by atoms with Crippen LogP contribution >= 0.6 is 0 Å². The average molecular weight is 76.9 g/mol. The van der Waals surface area contributed by atoms with Crippen molar-refractivity contribution in [2.24, 2.45) is 4.99 Å². The van der Waals surface area contributed by atoms with Gasteiger partial charge in [-0.05, 0) is 13.0 Å². The molecule has 1 nitrogen and oxygen atoms in total. The summed E-state index contributed by atoms with van der Waals surface area (Å²) in [6.07, 6.45) is 1.16. The van der Waals surface area contributed by atoms with Crippen molar-refractivity contribution >= 4 is 14.0 Å². The molecule has 28 valence electrons. The number of hydrogen-bond donors (Lipinski definition) is 0. The Balaban J connectivity index is 3.24. The van der Waals surface area contributed by atoms with Crippen molar-refractivity contribution in [3.63, 3.8) is 0 Å². The predicted octanol–water partition coefficient (Wildman–Crippen LogP) is 0.164. The van der Waals surface area contributed by atoms with Crippen LogP contribution in [0, 0.1) is 12.0 Å². The van der Waals surface area contributed by atoms with Gasteiger partial charge < -0.3 is 0 Å². The minimum absolute atomic E-state index is 1.16. The monoisotopic (exact) mass is 77.0 g/mol. The quantitative estimate of drug-likeness (QED) is 0.222. The van der Waals surface area contributed by atoms with Crippen LogP contribution in [-0.4, -0.2) is 14.0 Å². The van der Waals surface area contributed by atoms with Crippen molar-refractivity contribution in [1.82, 2.24) is 0 Å². The van der Waals surface area contributed by atoms with Crippen LogP contribution in [0.3, 0.4) is 0 Å². The van der Waals surface area contributed by atoms with Crippen LogP contribution in [0.2, 0.25) is 0 Å². The molecule has 0 bridgehead atoms. The highest BCUT2D eigenvalue weighted by molar-refractivity contribution is 6.49. The maximum absolute atomic E-state index is 4.82. The third-order valence-electron chi connectivity index (χ3n) is 0.251. The summed E-state index contributed by atoms with van der Waals surface area (Å²) in [6, 6.07) is 2.39. The van der Waals surface area contributed by atoms with Crippen LogP contribution < -0.4 is 0 Å². The van der Waals surface area contributed by atoms with Gasteiger partial charge in [0.1, 0.15) is 7.85 Å². The van der Waals surface area contributed by atoms with E-state index in [9.17, 15) is 0 Å². The molecule has 0 unspecified atom stereocenters. The Labute approximate surface area is 38.9 Å². The van der Waals surface area contributed by atoms with Crippen molar-refractivity contribution in [3.05, 3.63) is 0 Å². The van der Waals surface area contributed by atoms with E-state index in [0.29, 0.717) is 0 Å². The van der Waals surface area contributed by atoms with Crippen molar-refractivity contribution in [2.75, 3.05) is 0 Å². The van der Waals surface area contributed by atoms with Crippen LogP contribution in [0.15, 0.2) is 4.99 Å². The molecule has 0 N–H and O–H groups in total. The van der Waals surface area contributed by atoms with E-state index in [1.165, 1.54) is 0 Å². The first-order valence-electron chi connectivity index (χ1n) is 1.57. The molecular weight excluding hydrogens is 72.9 g/mol. The summed E-state index contributed by atoms with van der Waals surface area (Å²) in [7, 11) is 4.82. The fourth-order valence-electron chi connectivity index (χ4n) is 0.102. The fraction of sp³-hybridized carbons (Fsp3) is 0.250. The minimum Gasteiger partial charge on any atom is -0.222 e. The molecule has 0 aliphatic rings. The van der Waals surface area contributed by atoms with Gasteiger partial charge in [-0.2, -0.15) is 0 Å². The Morgan fingerprint density at radius 2 is 2.50 bits per heavy atom. The summed E-state index contributed by atoms with van der Waals surface area (Å²) in [5.41, 5.74) is 0. The minimum atomic E-state index is 1.16. The standard InChI is InChI=1S/C4H4BN/c1-2-3-6-4-5/h4H,1H3. The summed E-state index contributed by atoms with van der Waals surface area (Å²) in [6.45, 7) is 1.70. The van der Waals surface area contributed by atoms with Crippen LogP contribution in [0.4, 0.5) is 0 Å². The lowest BCUT2D eigenvalue weighted by molar-refractivity contribution is 1.71. The second-order valence-electron chi connectivity index (χ2n) is 0.640. The van der Waals surface area contributed by atoms with E-state index in [1.807, 2.05) is 0 Å². The molecule has 0 aliphatic heterocycles. The third-order valence-corrected chi connectivity index (χ3v) is 0.251. The summed E-state index contributed by atoms with van der Waals surface area (Å²) in [5, 5.41) is 0. The third kappa shape index (κ3) is 3.29. The van der Waals surface area contributed by atoms with Gasteiger partial charge >= 0.3 is 0 Å². The van der Waals surface area contributed by atoms with Crippen LogP contribution in [0.25, 0.3) is 0 Å². The molecule has 0 rings (SSSR count). The molecule has 0 aromatic rings. The molecule has 2 radical (unpaired) electrons. The smallest absolute Gasteiger partial charge is 0.131 e. The van der Waals surface area contributed by atoms with Gasteiger partial charge in [0.2, 0.25) is 0 Å². The Kier molecular flexibility index (Phi) is 3.79.